The van der Waals surface area contributed by atoms with E-state index in [0.29, 0.717) is 46.2 Å². The molecule has 0 aromatic carbocycles. The first-order valence-electron chi connectivity index (χ1n) is 16.8. The van der Waals surface area contributed by atoms with E-state index in [-0.39, 0.29) is 6.61 Å². The van der Waals surface area contributed by atoms with E-state index in [4.69, 9.17) is 24.1 Å². The molecule has 5 nitrogen and oxygen atoms in total. The van der Waals surface area contributed by atoms with Gasteiger partial charge in [0.15, 0.2) is 0 Å². The van der Waals surface area contributed by atoms with Crippen LogP contribution >= 0.6 is 0 Å². The van der Waals surface area contributed by atoms with Gasteiger partial charge in [-0.05, 0) is 6.42 Å². The second-order valence-electron chi connectivity index (χ2n) is 11.0. The fraction of sp³-hybridized carbons (Fsp3) is 1.00. The SMILES string of the molecule is CCCCCCCCCCCCCCCCCCCCCCCCCOCCOCCOCCOCCO. The molecule has 0 fully saturated rings. The van der Waals surface area contributed by atoms with Gasteiger partial charge in [-0.25, -0.2) is 0 Å². The van der Waals surface area contributed by atoms with Crippen molar-refractivity contribution in [2.24, 2.45) is 0 Å². The minimum Gasteiger partial charge on any atom is -0.394 e. The number of aliphatic hydroxyl groups excluding tert-OH is 1. The van der Waals surface area contributed by atoms with Crippen LogP contribution in [0, 0.1) is 0 Å². The Bertz CT molecular complexity index is 358. The summed E-state index contributed by atoms with van der Waals surface area (Å²) in [5.41, 5.74) is 0. The topological polar surface area (TPSA) is 57.2 Å². The number of hydrogen-bond donors (Lipinski definition) is 1. The largest absolute Gasteiger partial charge is 0.394 e. The zero-order valence-electron chi connectivity index (χ0n) is 25.7. The molecule has 230 valence electrons. The van der Waals surface area contributed by atoms with Crippen LogP contribution in [0.15, 0.2) is 0 Å². The Kier molecular flexibility index (Phi) is 36.6. The average Bonchev–Trinajstić information content (AvgIpc) is 2.93. The molecule has 0 heterocycles. The maximum Gasteiger partial charge on any atom is 0.0701 e. The van der Waals surface area contributed by atoms with Crippen LogP contribution in [0.2, 0.25) is 0 Å². The van der Waals surface area contributed by atoms with Crippen LogP contribution < -0.4 is 0 Å². The zero-order chi connectivity index (χ0) is 27.5. The van der Waals surface area contributed by atoms with Crippen LogP contribution in [0.25, 0.3) is 0 Å². The van der Waals surface area contributed by atoms with Gasteiger partial charge in [-0.2, -0.15) is 0 Å². The summed E-state index contributed by atoms with van der Waals surface area (Å²) in [6.07, 6.45) is 32.7. The smallest absolute Gasteiger partial charge is 0.0701 e. The molecular weight excluding hydrogens is 476 g/mol. The number of rotatable bonds is 35. The summed E-state index contributed by atoms with van der Waals surface area (Å²) in [6, 6.07) is 0. The highest BCUT2D eigenvalue weighted by atomic mass is 16.6. The second kappa shape index (κ2) is 36.8. The lowest BCUT2D eigenvalue weighted by Gasteiger charge is -2.07. The Morgan fingerprint density at radius 2 is 0.526 bits per heavy atom. The van der Waals surface area contributed by atoms with Crippen LogP contribution in [-0.2, 0) is 18.9 Å². The van der Waals surface area contributed by atoms with Crippen molar-refractivity contribution in [3.63, 3.8) is 0 Å². The monoisotopic (exact) mass is 545 g/mol. The van der Waals surface area contributed by atoms with Crippen molar-refractivity contribution in [3.8, 4) is 0 Å². The van der Waals surface area contributed by atoms with Gasteiger partial charge in [-0.1, -0.05) is 148 Å². The molecule has 0 aromatic rings. The summed E-state index contributed by atoms with van der Waals surface area (Å²) >= 11 is 0. The third-order valence-corrected chi connectivity index (χ3v) is 7.24. The molecule has 38 heavy (non-hydrogen) atoms. The van der Waals surface area contributed by atoms with E-state index >= 15 is 0 Å². The summed E-state index contributed by atoms with van der Waals surface area (Å²) in [5.74, 6) is 0. The van der Waals surface area contributed by atoms with Gasteiger partial charge in [-0.3, -0.25) is 0 Å². The highest BCUT2D eigenvalue weighted by molar-refractivity contribution is 4.51. The first-order valence-corrected chi connectivity index (χ1v) is 16.8. The number of unbranched alkanes of at least 4 members (excludes halogenated alkanes) is 22. The quantitative estimate of drug-likeness (QED) is 0.0807. The Morgan fingerprint density at radius 1 is 0.289 bits per heavy atom. The van der Waals surface area contributed by atoms with Crippen molar-refractivity contribution >= 4 is 0 Å². The molecule has 0 unspecified atom stereocenters. The molecule has 0 aliphatic carbocycles. The fourth-order valence-electron chi connectivity index (χ4n) is 4.82. The van der Waals surface area contributed by atoms with Gasteiger partial charge < -0.3 is 24.1 Å². The van der Waals surface area contributed by atoms with E-state index in [0.717, 1.165) is 13.0 Å². The minimum atomic E-state index is 0.0583. The summed E-state index contributed by atoms with van der Waals surface area (Å²) in [4.78, 5) is 0. The van der Waals surface area contributed by atoms with Gasteiger partial charge in [0.1, 0.15) is 0 Å². The molecule has 0 saturated carbocycles. The van der Waals surface area contributed by atoms with Gasteiger partial charge in [0.2, 0.25) is 0 Å². The second-order valence-corrected chi connectivity index (χ2v) is 11.0. The van der Waals surface area contributed by atoms with Crippen molar-refractivity contribution in [2.45, 2.75) is 155 Å². The van der Waals surface area contributed by atoms with Gasteiger partial charge in [0.25, 0.3) is 0 Å². The molecule has 0 atom stereocenters. The van der Waals surface area contributed by atoms with E-state index in [1.165, 1.54) is 141 Å². The first kappa shape index (κ1) is 37.8. The van der Waals surface area contributed by atoms with Gasteiger partial charge in [-0.15, -0.1) is 0 Å². The Balaban J connectivity index is 3.01. The van der Waals surface area contributed by atoms with Crippen molar-refractivity contribution in [2.75, 3.05) is 59.5 Å². The summed E-state index contributed by atoms with van der Waals surface area (Å²) in [6.45, 7) is 7.09. The summed E-state index contributed by atoms with van der Waals surface area (Å²) in [5, 5.41) is 8.59. The highest BCUT2D eigenvalue weighted by Gasteiger charge is 1.97. The Hall–Kier alpha value is -0.200. The van der Waals surface area contributed by atoms with E-state index in [1.54, 1.807) is 0 Å². The maximum atomic E-state index is 8.59. The first-order chi connectivity index (χ1) is 18.9. The zero-order valence-corrected chi connectivity index (χ0v) is 25.7. The lowest BCUT2D eigenvalue weighted by atomic mass is 10.0. The van der Waals surface area contributed by atoms with Gasteiger partial charge >= 0.3 is 0 Å². The van der Waals surface area contributed by atoms with Crippen LogP contribution in [0.5, 0.6) is 0 Å². The summed E-state index contributed by atoms with van der Waals surface area (Å²) in [7, 11) is 0. The van der Waals surface area contributed by atoms with E-state index < -0.39 is 0 Å². The molecule has 0 aliphatic heterocycles. The van der Waals surface area contributed by atoms with E-state index in [9.17, 15) is 0 Å². The minimum absolute atomic E-state index is 0.0583. The molecule has 1 N–H and O–H groups in total. The van der Waals surface area contributed by atoms with Gasteiger partial charge in [0.05, 0.1) is 52.9 Å². The fourth-order valence-corrected chi connectivity index (χ4v) is 4.82. The summed E-state index contributed by atoms with van der Waals surface area (Å²) < 4.78 is 21.6. The highest BCUT2D eigenvalue weighted by Crippen LogP contribution is 2.15. The maximum absolute atomic E-state index is 8.59. The predicted molar refractivity (Wildman–Crippen MR) is 162 cm³/mol. The van der Waals surface area contributed by atoms with Crippen molar-refractivity contribution < 1.29 is 24.1 Å². The molecule has 0 saturated heterocycles. The number of hydrogen-bond acceptors (Lipinski definition) is 5. The molecule has 0 aliphatic rings. The molecular formula is C33H68O5. The van der Waals surface area contributed by atoms with Crippen molar-refractivity contribution in [3.05, 3.63) is 0 Å². The lowest BCUT2D eigenvalue weighted by Crippen LogP contribution is -2.12. The molecule has 5 heteroatoms. The molecule has 0 spiro atoms. The van der Waals surface area contributed by atoms with Crippen molar-refractivity contribution in [1.29, 1.82) is 0 Å². The third-order valence-electron chi connectivity index (χ3n) is 7.24. The Morgan fingerprint density at radius 3 is 0.816 bits per heavy atom. The predicted octanol–water partition coefficient (Wildman–Crippen LogP) is 9.04. The third kappa shape index (κ3) is 35.8. The van der Waals surface area contributed by atoms with E-state index in [2.05, 4.69) is 6.92 Å². The Labute approximate surface area is 238 Å². The standard InChI is InChI=1S/C33H68O5/c1-2-3-4-5-6-7-8-9-10-11-12-13-14-15-16-17-18-19-20-21-22-23-24-26-35-28-30-37-32-33-38-31-29-36-27-25-34/h34H,2-33H2,1H3. The van der Waals surface area contributed by atoms with Crippen LogP contribution in [-0.4, -0.2) is 64.6 Å². The number of aliphatic hydroxyl groups is 1. The normalized spacial score (nSPS) is 11.5. The molecule has 0 rings (SSSR count). The molecule has 0 bridgehead atoms. The molecule has 0 radical (unpaired) electrons. The van der Waals surface area contributed by atoms with Crippen molar-refractivity contribution in [1.82, 2.24) is 0 Å². The molecule has 0 amide bonds. The number of ether oxygens (including phenoxy) is 4. The van der Waals surface area contributed by atoms with Crippen LogP contribution in [0.1, 0.15) is 155 Å². The molecule has 0 aromatic heterocycles. The average molecular weight is 545 g/mol. The van der Waals surface area contributed by atoms with Gasteiger partial charge in [0, 0.05) is 6.61 Å². The lowest BCUT2D eigenvalue weighted by molar-refractivity contribution is -0.00577. The van der Waals surface area contributed by atoms with Crippen LogP contribution in [0.3, 0.4) is 0 Å². The van der Waals surface area contributed by atoms with Crippen LogP contribution in [0.4, 0.5) is 0 Å². The van der Waals surface area contributed by atoms with E-state index in [1.807, 2.05) is 0 Å².